The molecular formula is C28H38N2O2. The molecule has 0 radical (unpaired) electrons. The number of ether oxygens (including phenoxy) is 1. The Balaban J connectivity index is 1.86. The highest BCUT2D eigenvalue weighted by Gasteiger charge is 2.29. The van der Waals surface area contributed by atoms with E-state index < -0.39 is 0 Å². The second-order valence-corrected chi connectivity index (χ2v) is 9.05. The fourth-order valence-corrected chi connectivity index (χ4v) is 4.89. The Labute approximate surface area is 193 Å². The van der Waals surface area contributed by atoms with Crippen LogP contribution in [0.4, 0.5) is 0 Å². The van der Waals surface area contributed by atoms with Crippen LogP contribution in [0.15, 0.2) is 54.1 Å². The molecule has 1 saturated carbocycles. The normalized spacial score (nSPS) is 19.9. The lowest BCUT2D eigenvalue weighted by Gasteiger charge is -2.35. The van der Waals surface area contributed by atoms with Crippen molar-refractivity contribution in [2.24, 2.45) is 5.92 Å². The van der Waals surface area contributed by atoms with Gasteiger partial charge in [0.1, 0.15) is 5.75 Å². The highest BCUT2D eigenvalue weighted by atomic mass is 16.5. The topological polar surface area (TPSA) is 32.8 Å². The van der Waals surface area contributed by atoms with Crippen molar-refractivity contribution in [2.45, 2.75) is 39.0 Å². The molecule has 1 aliphatic rings. The van der Waals surface area contributed by atoms with Gasteiger partial charge in [0.15, 0.2) is 0 Å². The summed E-state index contributed by atoms with van der Waals surface area (Å²) in [5.41, 5.74) is 4.70. The third kappa shape index (κ3) is 6.01. The fourth-order valence-electron chi connectivity index (χ4n) is 4.89. The van der Waals surface area contributed by atoms with E-state index in [-0.39, 0.29) is 5.91 Å². The Bertz CT molecular complexity index is 931. The summed E-state index contributed by atoms with van der Waals surface area (Å²) in [5, 5.41) is 0. The summed E-state index contributed by atoms with van der Waals surface area (Å²) in [4.78, 5) is 17.0. The van der Waals surface area contributed by atoms with E-state index in [1.807, 2.05) is 43.0 Å². The standard InChI is InChI=1S/C28H38N2O2/c1-6-30(7-2)28(31)24-12-8-10-21(17-24)16-22-14-15-25(20-29(3)4)27(18-22)23-11-9-13-26(19-23)32-5/h8-13,16-17,19,25,27H,6-7,14-15,18,20H2,1-5H3. The molecule has 2 atom stereocenters. The lowest BCUT2D eigenvalue weighted by atomic mass is 9.73. The van der Waals surface area contributed by atoms with Crippen LogP contribution in [0.1, 0.15) is 60.5 Å². The van der Waals surface area contributed by atoms with Crippen LogP contribution in [0.25, 0.3) is 6.08 Å². The van der Waals surface area contributed by atoms with Crippen LogP contribution >= 0.6 is 0 Å². The predicted octanol–water partition coefficient (Wildman–Crippen LogP) is 5.71. The molecule has 2 unspecified atom stereocenters. The van der Waals surface area contributed by atoms with Crippen LogP contribution in [0.5, 0.6) is 5.75 Å². The van der Waals surface area contributed by atoms with Gasteiger partial charge in [-0.25, -0.2) is 0 Å². The number of amides is 1. The minimum Gasteiger partial charge on any atom is -0.497 e. The zero-order valence-electron chi connectivity index (χ0n) is 20.3. The zero-order valence-corrected chi connectivity index (χ0v) is 20.3. The highest BCUT2D eigenvalue weighted by molar-refractivity contribution is 5.94. The third-order valence-corrected chi connectivity index (χ3v) is 6.56. The molecule has 4 nitrogen and oxygen atoms in total. The lowest BCUT2D eigenvalue weighted by molar-refractivity contribution is 0.0773. The minimum atomic E-state index is 0.110. The first kappa shape index (κ1) is 24.1. The Morgan fingerprint density at radius 2 is 1.84 bits per heavy atom. The van der Waals surface area contributed by atoms with Gasteiger partial charge in [-0.1, -0.05) is 35.9 Å². The molecule has 1 fully saturated rings. The molecule has 2 aromatic carbocycles. The van der Waals surface area contributed by atoms with Crippen LogP contribution in [0, 0.1) is 5.92 Å². The van der Waals surface area contributed by atoms with Gasteiger partial charge in [0, 0.05) is 25.2 Å². The van der Waals surface area contributed by atoms with E-state index in [1.165, 1.54) is 17.6 Å². The molecule has 0 saturated heterocycles. The van der Waals surface area contributed by atoms with E-state index in [4.69, 9.17) is 4.74 Å². The van der Waals surface area contributed by atoms with Crippen molar-refractivity contribution >= 4 is 12.0 Å². The maximum Gasteiger partial charge on any atom is 0.253 e. The van der Waals surface area contributed by atoms with Crippen molar-refractivity contribution in [1.29, 1.82) is 0 Å². The number of hydrogen-bond acceptors (Lipinski definition) is 3. The molecule has 0 aromatic heterocycles. The molecular weight excluding hydrogens is 396 g/mol. The zero-order chi connectivity index (χ0) is 23.1. The summed E-state index contributed by atoms with van der Waals surface area (Å²) in [6, 6.07) is 16.6. The molecule has 2 aromatic rings. The summed E-state index contributed by atoms with van der Waals surface area (Å²) in [6.45, 7) is 6.60. The first-order chi connectivity index (χ1) is 15.4. The second kappa shape index (κ2) is 11.3. The van der Waals surface area contributed by atoms with Crippen molar-refractivity contribution < 1.29 is 9.53 Å². The van der Waals surface area contributed by atoms with E-state index in [2.05, 4.69) is 49.3 Å². The summed E-state index contributed by atoms with van der Waals surface area (Å²) in [7, 11) is 6.05. The molecule has 3 rings (SSSR count). The monoisotopic (exact) mass is 434 g/mol. The molecule has 32 heavy (non-hydrogen) atoms. The summed E-state index contributed by atoms with van der Waals surface area (Å²) in [6.07, 6.45) is 5.62. The van der Waals surface area contributed by atoms with E-state index in [9.17, 15) is 4.79 Å². The summed E-state index contributed by atoms with van der Waals surface area (Å²) in [5.74, 6) is 2.11. The number of carbonyl (C=O) groups is 1. The van der Waals surface area contributed by atoms with Crippen molar-refractivity contribution in [1.82, 2.24) is 9.80 Å². The van der Waals surface area contributed by atoms with Crippen LogP contribution < -0.4 is 4.74 Å². The summed E-state index contributed by atoms with van der Waals surface area (Å²) < 4.78 is 5.50. The van der Waals surface area contributed by atoms with E-state index in [0.717, 1.165) is 49.4 Å². The highest BCUT2D eigenvalue weighted by Crippen LogP contribution is 2.42. The predicted molar refractivity (Wildman–Crippen MR) is 133 cm³/mol. The van der Waals surface area contributed by atoms with Crippen LogP contribution in [-0.4, -0.2) is 56.5 Å². The van der Waals surface area contributed by atoms with Crippen LogP contribution in [0.2, 0.25) is 0 Å². The Morgan fingerprint density at radius 3 is 2.53 bits per heavy atom. The van der Waals surface area contributed by atoms with Gasteiger partial charge < -0.3 is 14.5 Å². The minimum absolute atomic E-state index is 0.110. The van der Waals surface area contributed by atoms with Gasteiger partial charge in [-0.15, -0.1) is 0 Å². The number of rotatable bonds is 8. The molecule has 0 spiro atoms. The van der Waals surface area contributed by atoms with Crippen molar-refractivity contribution in [2.75, 3.05) is 40.8 Å². The average Bonchev–Trinajstić information content (AvgIpc) is 2.80. The van der Waals surface area contributed by atoms with Gasteiger partial charge >= 0.3 is 0 Å². The third-order valence-electron chi connectivity index (χ3n) is 6.56. The molecule has 172 valence electrons. The maximum absolute atomic E-state index is 12.8. The quantitative estimate of drug-likeness (QED) is 0.534. The maximum atomic E-state index is 12.8. The van der Waals surface area contributed by atoms with E-state index >= 15 is 0 Å². The smallest absolute Gasteiger partial charge is 0.253 e. The van der Waals surface area contributed by atoms with Crippen molar-refractivity contribution in [3.63, 3.8) is 0 Å². The van der Waals surface area contributed by atoms with Crippen molar-refractivity contribution in [3.8, 4) is 5.75 Å². The van der Waals surface area contributed by atoms with Gasteiger partial charge in [0.25, 0.3) is 5.91 Å². The van der Waals surface area contributed by atoms with Gasteiger partial charge in [-0.05, 0) is 94.4 Å². The molecule has 1 aliphatic carbocycles. The average molecular weight is 435 g/mol. The molecule has 0 aliphatic heterocycles. The van der Waals surface area contributed by atoms with Crippen LogP contribution in [-0.2, 0) is 0 Å². The number of carbonyl (C=O) groups excluding carboxylic acids is 1. The van der Waals surface area contributed by atoms with Gasteiger partial charge in [0.2, 0.25) is 0 Å². The molecule has 0 bridgehead atoms. The largest absolute Gasteiger partial charge is 0.497 e. The van der Waals surface area contributed by atoms with Crippen molar-refractivity contribution in [3.05, 3.63) is 70.8 Å². The van der Waals surface area contributed by atoms with E-state index in [0.29, 0.717) is 11.8 Å². The first-order valence-electron chi connectivity index (χ1n) is 11.8. The lowest BCUT2D eigenvalue weighted by Crippen LogP contribution is -2.30. The van der Waals surface area contributed by atoms with Crippen LogP contribution in [0.3, 0.4) is 0 Å². The number of benzene rings is 2. The molecule has 0 N–H and O–H groups in total. The SMILES string of the molecule is CCN(CC)C(=O)c1cccc(C=C2CCC(CN(C)C)C(c3cccc(OC)c3)C2)c1. The Morgan fingerprint density at radius 1 is 1.09 bits per heavy atom. The van der Waals surface area contributed by atoms with Gasteiger partial charge in [-0.2, -0.15) is 0 Å². The fraction of sp³-hybridized carbons (Fsp3) is 0.464. The Kier molecular flexibility index (Phi) is 8.52. The summed E-state index contributed by atoms with van der Waals surface area (Å²) >= 11 is 0. The Hall–Kier alpha value is -2.59. The van der Waals surface area contributed by atoms with E-state index in [1.54, 1.807) is 7.11 Å². The molecule has 4 heteroatoms. The molecule has 0 heterocycles. The molecule has 1 amide bonds. The number of methoxy groups -OCH3 is 1. The number of nitrogens with zero attached hydrogens (tertiary/aromatic N) is 2. The van der Waals surface area contributed by atoms with Gasteiger partial charge in [0.05, 0.1) is 7.11 Å². The number of hydrogen-bond donors (Lipinski definition) is 0. The number of allylic oxidation sites excluding steroid dienone is 1. The van der Waals surface area contributed by atoms with Gasteiger partial charge in [-0.3, -0.25) is 4.79 Å². The first-order valence-corrected chi connectivity index (χ1v) is 11.8. The second-order valence-electron chi connectivity index (χ2n) is 9.05.